The van der Waals surface area contributed by atoms with Crippen LogP contribution < -0.4 is 15.1 Å². The van der Waals surface area contributed by atoms with Gasteiger partial charge in [0.15, 0.2) is 0 Å². The number of hydrogen-bond donors (Lipinski definition) is 1. The van der Waals surface area contributed by atoms with Crippen molar-refractivity contribution in [2.24, 2.45) is 0 Å². The van der Waals surface area contributed by atoms with Crippen molar-refractivity contribution in [2.75, 3.05) is 75.7 Å². The predicted molar refractivity (Wildman–Crippen MR) is 164 cm³/mol. The third-order valence-corrected chi connectivity index (χ3v) is 7.46. The van der Waals surface area contributed by atoms with Crippen LogP contribution in [0.3, 0.4) is 0 Å². The van der Waals surface area contributed by atoms with Gasteiger partial charge in [-0.15, -0.1) is 5.10 Å². The van der Waals surface area contributed by atoms with Gasteiger partial charge >= 0.3 is 6.18 Å². The minimum atomic E-state index is -4.60. The number of pyridine rings is 1. The van der Waals surface area contributed by atoms with Crippen LogP contribution in [0.1, 0.15) is 21.5 Å². The first-order valence-electron chi connectivity index (χ1n) is 14.2. The number of alkyl halides is 3. The second-order valence-electron chi connectivity index (χ2n) is 11.0. The first kappa shape index (κ1) is 31.0. The van der Waals surface area contributed by atoms with Crippen LogP contribution in [-0.4, -0.2) is 91.3 Å². The number of aromatic nitrogens is 4. The van der Waals surface area contributed by atoms with E-state index in [0.29, 0.717) is 37.7 Å². The van der Waals surface area contributed by atoms with Gasteiger partial charge in [0.25, 0.3) is 5.91 Å². The number of likely N-dealkylation sites (N-methyl/N-ethyl adjacent to an activating group) is 2. The number of carbonyl (C=O) groups excluding carboxylic acids is 1. The molecule has 0 spiro atoms. The van der Waals surface area contributed by atoms with Gasteiger partial charge in [0.1, 0.15) is 5.69 Å². The Morgan fingerprint density at radius 3 is 2.52 bits per heavy atom. The molecule has 3 heterocycles. The number of benzene rings is 2. The third-order valence-electron chi connectivity index (χ3n) is 7.46. The fourth-order valence-corrected chi connectivity index (χ4v) is 4.92. The lowest BCUT2D eigenvalue weighted by Crippen LogP contribution is -2.36. The largest absolute Gasteiger partial charge is 0.418 e. The number of nitrogens with zero attached hydrogens (tertiary/aromatic N) is 7. The van der Waals surface area contributed by atoms with Crippen molar-refractivity contribution in [2.45, 2.75) is 13.1 Å². The average Bonchev–Trinajstić information content (AvgIpc) is 3.50. The molecule has 0 atom stereocenters. The van der Waals surface area contributed by atoms with Crippen LogP contribution >= 0.6 is 0 Å². The van der Waals surface area contributed by atoms with Crippen LogP contribution in [0.2, 0.25) is 0 Å². The molecule has 44 heavy (non-hydrogen) atoms. The van der Waals surface area contributed by atoms with Gasteiger partial charge in [-0.1, -0.05) is 11.3 Å². The van der Waals surface area contributed by atoms with E-state index in [-0.39, 0.29) is 16.9 Å². The number of anilines is 3. The van der Waals surface area contributed by atoms with E-state index in [1.807, 2.05) is 32.0 Å². The maximum Gasteiger partial charge on any atom is 0.418 e. The van der Waals surface area contributed by atoms with E-state index in [9.17, 15) is 18.0 Å². The summed E-state index contributed by atoms with van der Waals surface area (Å²) in [5.41, 5.74) is 3.36. The van der Waals surface area contributed by atoms with Crippen LogP contribution in [0.4, 0.5) is 30.2 Å². The molecule has 2 aromatic carbocycles. The molecule has 0 radical (unpaired) electrons. The van der Waals surface area contributed by atoms with E-state index in [4.69, 9.17) is 4.74 Å². The number of morpholine rings is 1. The van der Waals surface area contributed by atoms with Crippen molar-refractivity contribution in [3.63, 3.8) is 0 Å². The number of hydrogen-bond acceptors (Lipinski definition) is 8. The van der Waals surface area contributed by atoms with Crippen molar-refractivity contribution in [1.82, 2.24) is 24.9 Å². The number of ether oxygens (including phenoxy) is 1. The molecule has 1 amide bonds. The fraction of sp³-hybridized carbons (Fsp3) is 0.355. The highest BCUT2D eigenvalue weighted by molar-refractivity contribution is 6.04. The lowest BCUT2D eigenvalue weighted by molar-refractivity contribution is -0.137. The summed E-state index contributed by atoms with van der Waals surface area (Å²) in [5, 5.41) is 11.2. The zero-order valence-electron chi connectivity index (χ0n) is 25.1. The molecule has 13 heteroatoms. The molecule has 0 aliphatic carbocycles. The molecule has 2 aromatic heterocycles. The quantitative estimate of drug-likeness (QED) is 0.292. The van der Waals surface area contributed by atoms with Crippen molar-refractivity contribution in [3.05, 3.63) is 77.7 Å². The Kier molecular flexibility index (Phi) is 9.16. The SMILES string of the molecule is Cc1ccc(C(=O)Nc2ccc(N(C)CCN(C)C)c(C(F)(F)F)c2)cc1-n1cc(-c2cncc(N3CCOCC3)c2)nn1. The van der Waals surface area contributed by atoms with Gasteiger partial charge in [0.05, 0.1) is 42.5 Å². The molecule has 1 aliphatic heterocycles. The van der Waals surface area contributed by atoms with Crippen LogP contribution in [0.25, 0.3) is 16.9 Å². The van der Waals surface area contributed by atoms with Crippen LogP contribution in [-0.2, 0) is 10.9 Å². The van der Waals surface area contributed by atoms with Crippen LogP contribution in [0.15, 0.2) is 61.1 Å². The monoisotopic (exact) mass is 608 g/mol. The van der Waals surface area contributed by atoms with Gasteiger partial charge in [0.2, 0.25) is 0 Å². The fourth-order valence-electron chi connectivity index (χ4n) is 4.92. The molecule has 4 aromatic rings. The second-order valence-corrected chi connectivity index (χ2v) is 11.0. The summed E-state index contributed by atoms with van der Waals surface area (Å²) in [6.07, 6.45) is 0.683. The second kappa shape index (κ2) is 13.0. The summed E-state index contributed by atoms with van der Waals surface area (Å²) in [5.74, 6) is -0.546. The zero-order valence-corrected chi connectivity index (χ0v) is 25.1. The summed E-state index contributed by atoms with van der Waals surface area (Å²) in [4.78, 5) is 23.2. The van der Waals surface area contributed by atoms with Crippen molar-refractivity contribution < 1.29 is 22.7 Å². The summed E-state index contributed by atoms with van der Waals surface area (Å²) in [7, 11) is 5.34. The number of amides is 1. The van der Waals surface area contributed by atoms with Gasteiger partial charge in [-0.3, -0.25) is 9.78 Å². The van der Waals surface area contributed by atoms with Crippen molar-refractivity contribution in [1.29, 1.82) is 0 Å². The number of nitrogens with one attached hydrogen (secondary N) is 1. The molecule has 0 saturated carbocycles. The van der Waals surface area contributed by atoms with E-state index in [0.717, 1.165) is 36.0 Å². The van der Waals surface area contributed by atoms with Crippen molar-refractivity contribution in [3.8, 4) is 16.9 Å². The van der Waals surface area contributed by atoms with Gasteiger partial charge in [-0.2, -0.15) is 13.2 Å². The summed E-state index contributed by atoms with van der Waals surface area (Å²) in [6, 6.07) is 10.9. The normalized spacial score (nSPS) is 13.8. The number of halogens is 3. The molecule has 1 fully saturated rings. The molecule has 10 nitrogen and oxygen atoms in total. The Morgan fingerprint density at radius 2 is 1.80 bits per heavy atom. The summed E-state index contributed by atoms with van der Waals surface area (Å²) in [6.45, 7) is 5.75. The van der Waals surface area contributed by atoms with Gasteiger partial charge in [-0.05, 0) is 63.0 Å². The Hall–Kier alpha value is -4.49. The third kappa shape index (κ3) is 7.17. The molecule has 1 saturated heterocycles. The smallest absolute Gasteiger partial charge is 0.378 e. The minimum absolute atomic E-state index is 0.0441. The van der Waals surface area contributed by atoms with E-state index < -0.39 is 17.6 Å². The molecule has 5 rings (SSSR count). The highest BCUT2D eigenvalue weighted by Gasteiger charge is 2.35. The van der Waals surface area contributed by atoms with Crippen LogP contribution in [0, 0.1) is 6.92 Å². The van der Waals surface area contributed by atoms with E-state index >= 15 is 0 Å². The highest BCUT2D eigenvalue weighted by Crippen LogP contribution is 2.38. The van der Waals surface area contributed by atoms with E-state index in [1.54, 1.807) is 53.4 Å². The minimum Gasteiger partial charge on any atom is -0.378 e. The first-order valence-corrected chi connectivity index (χ1v) is 14.2. The standard InChI is InChI=1S/C31H35F3N8O2/c1-21-5-6-22(30(43)36-24-7-8-28(26(17-24)31(32,33)34)40(4)10-9-39(2)3)16-29(21)42-20-27(37-38-42)23-15-25(19-35-18-23)41-11-13-44-14-12-41/h5-8,15-20H,9-14H2,1-4H3,(H,36,43). The molecule has 232 valence electrons. The van der Waals surface area contributed by atoms with E-state index in [1.165, 1.54) is 12.1 Å². The topological polar surface area (TPSA) is 91.7 Å². The predicted octanol–water partition coefficient (Wildman–Crippen LogP) is 4.74. The Bertz CT molecular complexity index is 1620. The first-order chi connectivity index (χ1) is 21.0. The lowest BCUT2D eigenvalue weighted by atomic mass is 10.1. The molecule has 1 aliphatic rings. The lowest BCUT2D eigenvalue weighted by Gasteiger charge is -2.28. The molecule has 1 N–H and O–H groups in total. The van der Waals surface area contributed by atoms with Gasteiger partial charge < -0.3 is 24.8 Å². The molecular weight excluding hydrogens is 573 g/mol. The van der Waals surface area contributed by atoms with Crippen LogP contribution in [0.5, 0.6) is 0 Å². The summed E-state index contributed by atoms with van der Waals surface area (Å²) < 4.78 is 49.0. The maximum absolute atomic E-state index is 14.0. The Balaban J connectivity index is 1.35. The number of aryl methyl sites for hydroxylation is 1. The number of carbonyl (C=O) groups is 1. The zero-order chi connectivity index (χ0) is 31.4. The molecule has 0 unspecified atom stereocenters. The Labute approximate surface area is 254 Å². The number of rotatable bonds is 9. The van der Waals surface area contributed by atoms with Gasteiger partial charge in [0, 0.05) is 61.9 Å². The highest BCUT2D eigenvalue weighted by atomic mass is 19.4. The van der Waals surface area contributed by atoms with Crippen molar-refractivity contribution >= 4 is 23.0 Å². The summed E-state index contributed by atoms with van der Waals surface area (Å²) >= 11 is 0. The maximum atomic E-state index is 14.0. The van der Waals surface area contributed by atoms with E-state index in [2.05, 4.69) is 25.5 Å². The van der Waals surface area contributed by atoms with Gasteiger partial charge in [-0.25, -0.2) is 4.68 Å². The molecular formula is C31H35F3N8O2. The average molecular weight is 609 g/mol. The molecule has 0 bridgehead atoms. The Morgan fingerprint density at radius 1 is 1.02 bits per heavy atom.